The predicted molar refractivity (Wildman–Crippen MR) is 154 cm³/mol. The number of nitrogens with zero attached hydrogens (tertiary/aromatic N) is 9. The Morgan fingerprint density at radius 2 is 1.86 bits per heavy atom. The summed E-state index contributed by atoms with van der Waals surface area (Å²) >= 11 is 0. The molecule has 3 fully saturated rings. The van der Waals surface area contributed by atoms with Gasteiger partial charge in [0.25, 0.3) is 5.91 Å². The first-order valence-corrected chi connectivity index (χ1v) is 15.0. The van der Waals surface area contributed by atoms with E-state index in [0.29, 0.717) is 45.6 Å². The van der Waals surface area contributed by atoms with Crippen molar-refractivity contribution in [3.8, 4) is 11.3 Å². The fourth-order valence-electron chi connectivity index (χ4n) is 6.72. The Hall–Kier alpha value is -3.95. The lowest BCUT2D eigenvalue weighted by molar-refractivity contribution is -0.145. The van der Waals surface area contributed by atoms with Gasteiger partial charge < -0.3 is 15.6 Å². The van der Waals surface area contributed by atoms with Crippen LogP contribution in [0.1, 0.15) is 47.7 Å². The molecule has 0 saturated carbocycles. The standard InChI is InChI=1S/C29H34F3N11O/c30-29(31,32)27-38-20(14-40-7-1-2-8-40)11-23(39-27)26(44)41-9-4-21(5-10-41)42-16-28(15-33,17-42)43-13-19(12-37-43)24-22-3-6-34-25(22)36-18-35-24/h3,6,11-13,18,21H,1-2,4-5,7-10,14-17,33H2,(H,34,35,36). The fourth-order valence-corrected chi connectivity index (χ4v) is 6.72. The maximum absolute atomic E-state index is 13.6. The van der Waals surface area contributed by atoms with Gasteiger partial charge in [-0.1, -0.05) is 0 Å². The normalized spacial score (nSPS) is 20.0. The molecular weight excluding hydrogens is 575 g/mol. The number of fused-ring (bicyclic) bond motifs is 1. The van der Waals surface area contributed by atoms with E-state index in [9.17, 15) is 18.0 Å². The minimum atomic E-state index is -4.73. The second kappa shape index (κ2) is 11.2. The van der Waals surface area contributed by atoms with Crippen LogP contribution >= 0.6 is 0 Å². The third kappa shape index (κ3) is 5.32. The van der Waals surface area contributed by atoms with E-state index in [1.807, 2.05) is 23.1 Å². The molecule has 0 atom stereocenters. The highest BCUT2D eigenvalue weighted by atomic mass is 19.4. The number of hydrogen-bond donors (Lipinski definition) is 2. The number of nitrogens with two attached hydrogens (primary N) is 1. The van der Waals surface area contributed by atoms with Crippen molar-refractivity contribution in [2.45, 2.75) is 50.0 Å². The number of carbonyl (C=O) groups excluding carboxylic acids is 1. The van der Waals surface area contributed by atoms with Gasteiger partial charge in [-0.25, -0.2) is 19.9 Å². The number of likely N-dealkylation sites (tertiary alicyclic amines) is 3. The highest BCUT2D eigenvalue weighted by molar-refractivity contribution is 5.92. The van der Waals surface area contributed by atoms with E-state index in [4.69, 9.17) is 5.73 Å². The molecule has 0 spiro atoms. The second-order valence-electron chi connectivity index (χ2n) is 12.0. The summed E-state index contributed by atoms with van der Waals surface area (Å²) in [6.07, 6.45) is 5.84. The van der Waals surface area contributed by atoms with Crippen molar-refractivity contribution in [1.29, 1.82) is 0 Å². The highest BCUT2D eigenvalue weighted by Gasteiger charge is 2.47. The minimum absolute atomic E-state index is 0.193. The maximum atomic E-state index is 13.6. The molecule has 0 aromatic carbocycles. The molecule has 232 valence electrons. The molecular formula is C29H34F3N11O. The molecule has 0 radical (unpaired) electrons. The van der Waals surface area contributed by atoms with Gasteiger partial charge in [0.1, 0.15) is 23.2 Å². The number of hydrogen-bond acceptors (Lipinski definition) is 9. The number of aromatic amines is 1. The Balaban J connectivity index is 0.994. The molecule has 15 heteroatoms. The van der Waals surface area contributed by atoms with Gasteiger partial charge in [0, 0.05) is 68.7 Å². The van der Waals surface area contributed by atoms with Crippen LogP contribution in [0.3, 0.4) is 0 Å². The molecule has 7 rings (SSSR count). The zero-order valence-corrected chi connectivity index (χ0v) is 24.2. The van der Waals surface area contributed by atoms with E-state index in [-0.39, 0.29) is 29.5 Å². The first kappa shape index (κ1) is 28.8. The topological polar surface area (TPSA) is 138 Å². The van der Waals surface area contributed by atoms with Gasteiger partial charge in [-0.3, -0.25) is 19.3 Å². The number of H-pyrrole nitrogens is 1. The van der Waals surface area contributed by atoms with Gasteiger partial charge in [-0.2, -0.15) is 18.3 Å². The molecule has 4 aromatic rings. The van der Waals surface area contributed by atoms with Crippen LogP contribution in [-0.2, 0) is 18.3 Å². The third-order valence-electron chi connectivity index (χ3n) is 9.17. The third-order valence-corrected chi connectivity index (χ3v) is 9.17. The zero-order chi connectivity index (χ0) is 30.5. The molecule has 0 aliphatic carbocycles. The summed E-state index contributed by atoms with van der Waals surface area (Å²) in [6, 6.07) is 3.60. The Kier molecular flexibility index (Phi) is 7.33. The van der Waals surface area contributed by atoms with Gasteiger partial charge in [0.15, 0.2) is 0 Å². The zero-order valence-electron chi connectivity index (χ0n) is 24.2. The van der Waals surface area contributed by atoms with Gasteiger partial charge in [0.2, 0.25) is 5.82 Å². The van der Waals surface area contributed by atoms with Crippen LogP contribution in [0.25, 0.3) is 22.3 Å². The molecule has 3 saturated heterocycles. The summed E-state index contributed by atoms with van der Waals surface area (Å²) in [7, 11) is 0. The molecule has 1 amide bonds. The summed E-state index contributed by atoms with van der Waals surface area (Å²) < 4.78 is 42.8. The van der Waals surface area contributed by atoms with Crippen molar-refractivity contribution in [3.05, 3.63) is 54.3 Å². The lowest BCUT2D eigenvalue weighted by Gasteiger charge is -2.54. The molecule has 12 nitrogen and oxygen atoms in total. The molecule has 44 heavy (non-hydrogen) atoms. The predicted octanol–water partition coefficient (Wildman–Crippen LogP) is 2.50. The van der Waals surface area contributed by atoms with Gasteiger partial charge in [0.05, 0.1) is 17.6 Å². The molecule has 4 aromatic heterocycles. The first-order valence-electron chi connectivity index (χ1n) is 15.0. The van der Waals surface area contributed by atoms with Crippen molar-refractivity contribution in [3.63, 3.8) is 0 Å². The van der Waals surface area contributed by atoms with E-state index in [0.717, 1.165) is 48.2 Å². The summed E-state index contributed by atoms with van der Waals surface area (Å²) in [5, 5.41) is 5.57. The quantitative estimate of drug-likeness (QED) is 0.324. The van der Waals surface area contributed by atoms with Crippen LogP contribution in [0, 0.1) is 0 Å². The Labute approximate surface area is 251 Å². The summed E-state index contributed by atoms with van der Waals surface area (Å²) in [5.41, 5.74) is 8.42. The van der Waals surface area contributed by atoms with E-state index in [2.05, 4.69) is 39.8 Å². The Morgan fingerprint density at radius 1 is 1.09 bits per heavy atom. The number of nitrogens with one attached hydrogen (secondary N) is 1. The average Bonchev–Trinajstić information content (AvgIpc) is 3.79. The SMILES string of the molecule is NCC1(n2cc(-c3ncnc4[nH]ccc34)cn2)CN(C2CCN(C(=O)c3cc(CN4CCCC4)nc(C(F)(F)F)n3)CC2)C1. The van der Waals surface area contributed by atoms with Gasteiger partial charge in [-0.15, -0.1) is 0 Å². The minimum Gasteiger partial charge on any atom is -0.346 e. The van der Waals surface area contributed by atoms with Crippen molar-refractivity contribution < 1.29 is 18.0 Å². The number of alkyl halides is 3. The summed E-state index contributed by atoms with van der Waals surface area (Å²) in [4.78, 5) is 38.6. The molecule has 0 unspecified atom stereocenters. The van der Waals surface area contributed by atoms with Crippen molar-refractivity contribution >= 4 is 16.9 Å². The van der Waals surface area contributed by atoms with E-state index < -0.39 is 17.9 Å². The lowest BCUT2D eigenvalue weighted by atomic mass is 9.86. The number of halogens is 3. The largest absolute Gasteiger partial charge is 0.451 e. The molecule has 3 aliphatic heterocycles. The highest BCUT2D eigenvalue weighted by Crippen LogP contribution is 2.35. The summed E-state index contributed by atoms with van der Waals surface area (Å²) in [5.74, 6) is -1.74. The van der Waals surface area contributed by atoms with Crippen LogP contribution in [-0.4, -0.2) is 107 Å². The number of rotatable bonds is 7. The van der Waals surface area contributed by atoms with Crippen LogP contribution in [0.4, 0.5) is 13.2 Å². The Bertz CT molecular complexity index is 1650. The summed E-state index contributed by atoms with van der Waals surface area (Å²) in [6.45, 7) is 4.62. The van der Waals surface area contributed by atoms with E-state index >= 15 is 0 Å². The molecule has 3 N–H and O–H groups in total. The first-order chi connectivity index (χ1) is 21.2. The molecule has 3 aliphatic rings. The van der Waals surface area contributed by atoms with E-state index in [1.165, 1.54) is 12.4 Å². The number of carbonyl (C=O) groups is 1. The number of aromatic nitrogens is 7. The Morgan fingerprint density at radius 3 is 2.59 bits per heavy atom. The van der Waals surface area contributed by atoms with Crippen LogP contribution in [0.2, 0.25) is 0 Å². The average molecular weight is 610 g/mol. The van der Waals surface area contributed by atoms with Crippen LogP contribution in [0.15, 0.2) is 37.1 Å². The molecule has 0 bridgehead atoms. The lowest BCUT2D eigenvalue weighted by Crippen LogP contribution is -2.69. The van der Waals surface area contributed by atoms with Gasteiger partial charge in [-0.05, 0) is 50.9 Å². The number of piperidine rings is 1. The van der Waals surface area contributed by atoms with E-state index in [1.54, 1.807) is 11.1 Å². The van der Waals surface area contributed by atoms with Crippen LogP contribution in [0.5, 0.6) is 0 Å². The fraction of sp³-hybridized carbons (Fsp3) is 0.517. The smallest absolute Gasteiger partial charge is 0.346 e. The van der Waals surface area contributed by atoms with Crippen molar-refractivity contribution in [2.24, 2.45) is 5.73 Å². The van der Waals surface area contributed by atoms with Crippen LogP contribution < -0.4 is 5.73 Å². The molecule has 7 heterocycles. The van der Waals surface area contributed by atoms with Crippen molar-refractivity contribution in [2.75, 3.05) is 45.8 Å². The van der Waals surface area contributed by atoms with Crippen molar-refractivity contribution in [1.82, 2.24) is 49.4 Å². The monoisotopic (exact) mass is 609 g/mol. The second-order valence-corrected chi connectivity index (χ2v) is 12.0. The van der Waals surface area contributed by atoms with Gasteiger partial charge >= 0.3 is 6.18 Å². The number of amides is 1. The maximum Gasteiger partial charge on any atom is 0.451 e.